The molecule has 0 radical (unpaired) electrons. The molecular weight excluding hydrogens is 534 g/mol. The quantitative estimate of drug-likeness (QED) is 0.241. The number of halogens is 1. The van der Waals surface area contributed by atoms with E-state index in [0.29, 0.717) is 41.2 Å². The van der Waals surface area contributed by atoms with Crippen molar-refractivity contribution in [3.05, 3.63) is 124 Å². The third-order valence-corrected chi connectivity index (χ3v) is 5.82. The van der Waals surface area contributed by atoms with Gasteiger partial charge in [-0.2, -0.15) is 0 Å². The minimum atomic E-state index is -0.223. The number of ether oxygens (including phenoxy) is 2. The molecule has 190 valence electrons. The smallest absolute Gasteiger partial charge is 0.255 e. The van der Waals surface area contributed by atoms with Gasteiger partial charge in [-0.1, -0.05) is 72.8 Å². The predicted molar refractivity (Wildman–Crippen MR) is 147 cm³/mol. The lowest BCUT2D eigenvalue weighted by Gasteiger charge is -2.15. The van der Waals surface area contributed by atoms with Crippen LogP contribution < -0.4 is 14.8 Å². The second-order valence-corrected chi connectivity index (χ2v) is 8.80. The fourth-order valence-electron chi connectivity index (χ4n) is 3.36. The Morgan fingerprint density at radius 2 is 1.43 bits per heavy atom. The summed E-state index contributed by atoms with van der Waals surface area (Å²) in [6, 6.07) is 29.9. The summed E-state index contributed by atoms with van der Waals surface area (Å²) < 4.78 is 12.5. The van der Waals surface area contributed by atoms with Crippen LogP contribution >= 0.6 is 15.9 Å². The van der Waals surface area contributed by atoms with Crippen molar-refractivity contribution in [1.82, 2.24) is 5.32 Å². The first kappa shape index (κ1) is 27.5. The van der Waals surface area contributed by atoms with Crippen LogP contribution in [0.2, 0.25) is 0 Å². The minimum Gasteiger partial charge on any atom is -0.508 e. The third kappa shape index (κ3) is 8.81. The van der Waals surface area contributed by atoms with Crippen LogP contribution in [-0.2, 0) is 24.4 Å². The SMILES string of the molecule is CNC(=O)c1c(Br)cc(OCc2ccccc2)cc1OCc1ccccc1.O=CCc1cccc(O)c1. The van der Waals surface area contributed by atoms with Crippen LogP contribution in [0.5, 0.6) is 17.2 Å². The van der Waals surface area contributed by atoms with Crippen molar-refractivity contribution in [2.24, 2.45) is 0 Å². The van der Waals surface area contributed by atoms with Crippen molar-refractivity contribution in [3.63, 3.8) is 0 Å². The molecule has 0 unspecified atom stereocenters. The number of nitrogens with one attached hydrogen (secondary N) is 1. The van der Waals surface area contributed by atoms with Gasteiger partial charge in [0.25, 0.3) is 5.91 Å². The molecular formula is C30H28BrNO5. The van der Waals surface area contributed by atoms with Crippen molar-refractivity contribution >= 4 is 28.1 Å². The van der Waals surface area contributed by atoms with E-state index in [4.69, 9.17) is 14.6 Å². The Bertz CT molecular complexity index is 1300. The van der Waals surface area contributed by atoms with Gasteiger partial charge >= 0.3 is 0 Å². The Hall–Kier alpha value is -4.10. The molecule has 37 heavy (non-hydrogen) atoms. The van der Waals surface area contributed by atoms with Gasteiger partial charge in [-0.3, -0.25) is 4.79 Å². The van der Waals surface area contributed by atoms with Gasteiger partial charge in [0.15, 0.2) is 0 Å². The average Bonchev–Trinajstić information content (AvgIpc) is 2.92. The molecule has 4 aromatic rings. The Balaban J connectivity index is 0.000000319. The summed E-state index contributed by atoms with van der Waals surface area (Å²) in [6.45, 7) is 0.796. The topological polar surface area (TPSA) is 84.9 Å². The molecule has 4 aromatic carbocycles. The summed E-state index contributed by atoms with van der Waals surface area (Å²) in [5, 5.41) is 11.6. The minimum absolute atomic E-state index is 0.208. The van der Waals surface area contributed by atoms with Gasteiger partial charge in [0, 0.05) is 24.0 Å². The number of phenols is 1. The lowest BCUT2D eigenvalue weighted by molar-refractivity contribution is -0.107. The van der Waals surface area contributed by atoms with Gasteiger partial charge < -0.3 is 24.7 Å². The molecule has 0 saturated carbocycles. The van der Waals surface area contributed by atoms with E-state index in [1.165, 1.54) is 0 Å². The number of hydrogen-bond acceptors (Lipinski definition) is 5. The normalized spacial score (nSPS) is 10.0. The first-order chi connectivity index (χ1) is 18.0. The van der Waals surface area contributed by atoms with E-state index in [-0.39, 0.29) is 11.7 Å². The van der Waals surface area contributed by atoms with E-state index < -0.39 is 0 Å². The number of carbonyl (C=O) groups is 2. The highest BCUT2D eigenvalue weighted by molar-refractivity contribution is 9.10. The highest BCUT2D eigenvalue weighted by Crippen LogP contribution is 2.33. The monoisotopic (exact) mass is 561 g/mol. The molecule has 0 bridgehead atoms. The highest BCUT2D eigenvalue weighted by Gasteiger charge is 2.18. The van der Waals surface area contributed by atoms with E-state index in [0.717, 1.165) is 23.0 Å². The molecule has 0 heterocycles. The number of aldehydes is 1. The van der Waals surface area contributed by atoms with Crippen LogP contribution in [-0.4, -0.2) is 24.3 Å². The Morgan fingerprint density at radius 1 is 0.838 bits per heavy atom. The van der Waals surface area contributed by atoms with E-state index >= 15 is 0 Å². The maximum absolute atomic E-state index is 12.3. The molecule has 6 nitrogen and oxygen atoms in total. The zero-order valence-corrected chi connectivity index (χ0v) is 22.0. The molecule has 0 aliphatic carbocycles. The zero-order valence-electron chi connectivity index (χ0n) is 20.4. The lowest BCUT2D eigenvalue weighted by atomic mass is 10.1. The maximum atomic E-state index is 12.3. The van der Waals surface area contributed by atoms with Crippen LogP contribution in [0, 0.1) is 0 Å². The molecule has 4 rings (SSSR count). The summed E-state index contributed by atoms with van der Waals surface area (Å²) in [4.78, 5) is 22.3. The van der Waals surface area contributed by atoms with Crippen molar-refractivity contribution in [2.45, 2.75) is 19.6 Å². The largest absolute Gasteiger partial charge is 0.508 e. The molecule has 7 heteroatoms. The molecule has 2 N–H and O–H groups in total. The van der Waals surface area contributed by atoms with E-state index in [9.17, 15) is 9.59 Å². The van der Waals surface area contributed by atoms with Crippen molar-refractivity contribution in [3.8, 4) is 17.2 Å². The lowest BCUT2D eigenvalue weighted by Crippen LogP contribution is -2.19. The van der Waals surface area contributed by atoms with Crippen LogP contribution in [0.15, 0.2) is 102 Å². The highest BCUT2D eigenvalue weighted by atomic mass is 79.9. The summed E-state index contributed by atoms with van der Waals surface area (Å²) >= 11 is 3.47. The Morgan fingerprint density at radius 3 is 2.00 bits per heavy atom. The number of benzene rings is 4. The second kappa shape index (κ2) is 14.5. The van der Waals surface area contributed by atoms with Gasteiger partial charge in [-0.15, -0.1) is 0 Å². The van der Waals surface area contributed by atoms with Crippen LogP contribution in [0.4, 0.5) is 0 Å². The number of phenolic OH excluding ortho intramolecular Hbond substituents is 1. The summed E-state index contributed by atoms with van der Waals surface area (Å²) in [5.41, 5.74) is 3.37. The van der Waals surface area contributed by atoms with E-state index in [1.54, 1.807) is 43.4 Å². The third-order valence-electron chi connectivity index (χ3n) is 5.20. The molecule has 0 aromatic heterocycles. The van der Waals surface area contributed by atoms with Gasteiger partial charge in [-0.25, -0.2) is 0 Å². The second-order valence-electron chi connectivity index (χ2n) is 7.95. The molecule has 0 aliphatic rings. The van der Waals surface area contributed by atoms with Gasteiger partial charge in [0.1, 0.15) is 36.7 Å². The zero-order chi connectivity index (χ0) is 26.5. The molecule has 0 atom stereocenters. The average molecular weight is 562 g/mol. The summed E-state index contributed by atoms with van der Waals surface area (Å²) in [7, 11) is 1.59. The van der Waals surface area contributed by atoms with Crippen LogP contribution in [0.3, 0.4) is 0 Å². The molecule has 0 spiro atoms. The van der Waals surface area contributed by atoms with Crippen molar-refractivity contribution in [1.29, 1.82) is 0 Å². The Labute approximate surface area is 225 Å². The van der Waals surface area contributed by atoms with E-state index in [1.807, 2.05) is 60.7 Å². The molecule has 0 saturated heterocycles. The van der Waals surface area contributed by atoms with Crippen LogP contribution in [0.25, 0.3) is 0 Å². The number of amides is 1. The number of aromatic hydroxyl groups is 1. The summed E-state index contributed by atoms with van der Waals surface area (Å²) in [5.74, 6) is 1.08. The standard InChI is InChI=1S/C22H20BrNO3.C8H8O2/c1-24-22(25)21-19(23)12-18(26-14-16-8-4-2-5-9-16)13-20(21)27-15-17-10-6-3-7-11-17;9-5-4-7-2-1-3-8(10)6-7/h2-13H,14-15H2,1H3,(H,24,25);1-3,5-6,10H,4H2. The first-order valence-corrected chi connectivity index (χ1v) is 12.4. The Kier molecular flexibility index (Phi) is 10.7. The van der Waals surface area contributed by atoms with Crippen LogP contribution in [0.1, 0.15) is 27.0 Å². The molecule has 0 fully saturated rings. The molecule has 0 aliphatic heterocycles. The van der Waals surface area contributed by atoms with Gasteiger partial charge in [-0.05, 0) is 50.8 Å². The fourth-order valence-corrected chi connectivity index (χ4v) is 3.96. The number of carbonyl (C=O) groups excluding carboxylic acids is 2. The van der Waals surface area contributed by atoms with Gasteiger partial charge in [0.2, 0.25) is 0 Å². The first-order valence-electron chi connectivity index (χ1n) is 11.6. The van der Waals surface area contributed by atoms with Crippen molar-refractivity contribution in [2.75, 3.05) is 7.05 Å². The van der Waals surface area contributed by atoms with Crippen molar-refractivity contribution < 1.29 is 24.2 Å². The summed E-state index contributed by atoms with van der Waals surface area (Å²) in [6.07, 6.45) is 1.18. The van der Waals surface area contributed by atoms with Gasteiger partial charge in [0.05, 0.1) is 5.56 Å². The van der Waals surface area contributed by atoms with E-state index in [2.05, 4.69) is 21.2 Å². The molecule has 1 amide bonds. The number of rotatable bonds is 9. The number of hydrogen-bond donors (Lipinski definition) is 2. The fraction of sp³-hybridized carbons (Fsp3) is 0.133. The predicted octanol–water partition coefficient (Wildman–Crippen LogP) is 6.10. The maximum Gasteiger partial charge on any atom is 0.255 e.